The fourth-order valence-corrected chi connectivity index (χ4v) is 5.30. The topological polar surface area (TPSA) is 12.5 Å². The predicted molar refractivity (Wildman–Crippen MR) is 81.4 cm³/mol. The SMILES string of the molecule is COc1ccc2c(c1)[C@]13CCCC[C@@H]1[C@H](C2)N(C)CC3.[Na+]. The summed E-state index contributed by atoms with van der Waals surface area (Å²) in [5.74, 6) is 1.91. The Morgan fingerprint density at radius 2 is 2.10 bits per heavy atom. The quantitative estimate of drug-likeness (QED) is 0.695. The average molecular weight is 294 g/mol. The molecular weight excluding hydrogens is 269 g/mol. The fraction of sp³-hybridized carbons (Fsp3) is 0.667. The molecular formula is C18H25NNaO+. The van der Waals surface area contributed by atoms with Crippen molar-refractivity contribution in [1.82, 2.24) is 4.90 Å². The van der Waals surface area contributed by atoms with Crippen LogP contribution in [0, 0.1) is 5.92 Å². The summed E-state index contributed by atoms with van der Waals surface area (Å²) in [5, 5.41) is 0. The third-order valence-corrected chi connectivity index (χ3v) is 6.32. The third-order valence-electron chi connectivity index (χ3n) is 6.32. The van der Waals surface area contributed by atoms with Crippen LogP contribution in [0.15, 0.2) is 18.2 Å². The fourth-order valence-electron chi connectivity index (χ4n) is 5.30. The first-order valence-corrected chi connectivity index (χ1v) is 8.12. The number of rotatable bonds is 1. The molecule has 1 aromatic carbocycles. The van der Waals surface area contributed by atoms with Crippen molar-refractivity contribution in [2.45, 2.75) is 50.0 Å². The molecule has 1 heterocycles. The van der Waals surface area contributed by atoms with Crippen LogP contribution in [-0.4, -0.2) is 31.6 Å². The molecule has 0 unspecified atom stereocenters. The molecule has 2 fully saturated rings. The summed E-state index contributed by atoms with van der Waals surface area (Å²) in [6, 6.07) is 7.60. The van der Waals surface area contributed by atoms with Crippen molar-refractivity contribution in [1.29, 1.82) is 0 Å². The van der Waals surface area contributed by atoms with E-state index in [-0.39, 0.29) is 29.6 Å². The normalized spacial score (nSPS) is 34.4. The van der Waals surface area contributed by atoms with Crippen LogP contribution in [-0.2, 0) is 11.8 Å². The number of hydrogen-bond donors (Lipinski definition) is 0. The third kappa shape index (κ3) is 2.30. The van der Waals surface area contributed by atoms with E-state index in [1.54, 1.807) is 18.2 Å². The molecule has 3 aliphatic rings. The van der Waals surface area contributed by atoms with Gasteiger partial charge in [-0.2, -0.15) is 0 Å². The molecule has 4 rings (SSSR count). The smallest absolute Gasteiger partial charge is 0.497 e. The summed E-state index contributed by atoms with van der Waals surface area (Å²) in [5.41, 5.74) is 3.67. The summed E-state index contributed by atoms with van der Waals surface area (Å²) < 4.78 is 5.51. The Kier molecular flexibility index (Phi) is 4.44. The van der Waals surface area contributed by atoms with E-state index in [4.69, 9.17) is 4.74 Å². The van der Waals surface area contributed by atoms with Crippen molar-refractivity contribution < 1.29 is 34.3 Å². The van der Waals surface area contributed by atoms with Crippen LogP contribution in [0.25, 0.3) is 0 Å². The molecule has 0 N–H and O–H groups in total. The van der Waals surface area contributed by atoms with E-state index in [0.717, 1.165) is 17.7 Å². The van der Waals surface area contributed by atoms with Gasteiger partial charge in [0.1, 0.15) is 5.75 Å². The Labute approximate surface area is 150 Å². The first-order valence-electron chi connectivity index (χ1n) is 8.12. The van der Waals surface area contributed by atoms with Gasteiger partial charge in [-0.1, -0.05) is 18.9 Å². The van der Waals surface area contributed by atoms with Crippen LogP contribution in [0.3, 0.4) is 0 Å². The van der Waals surface area contributed by atoms with E-state index in [1.807, 2.05) is 0 Å². The zero-order chi connectivity index (χ0) is 13.7. The van der Waals surface area contributed by atoms with Gasteiger partial charge in [0.05, 0.1) is 7.11 Å². The molecule has 3 heteroatoms. The van der Waals surface area contributed by atoms with Gasteiger partial charge in [-0.15, -0.1) is 0 Å². The van der Waals surface area contributed by atoms with Crippen LogP contribution in [0.4, 0.5) is 0 Å². The van der Waals surface area contributed by atoms with Crippen LogP contribution >= 0.6 is 0 Å². The summed E-state index contributed by atoms with van der Waals surface area (Å²) >= 11 is 0. The molecule has 1 aliphatic heterocycles. The molecule has 1 saturated heterocycles. The van der Waals surface area contributed by atoms with Gasteiger partial charge < -0.3 is 9.64 Å². The molecule has 2 aliphatic carbocycles. The molecule has 21 heavy (non-hydrogen) atoms. The first-order chi connectivity index (χ1) is 9.74. The van der Waals surface area contributed by atoms with Crippen molar-refractivity contribution in [3.8, 4) is 5.75 Å². The van der Waals surface area contributed by atoms with E-state index in [9.17, 15) is 0 Å². The Morgan fingerprint density at radius 1 is 1.24 bits per heavy atom. The molecule has 0 spiro atoms. The molecule has 0 radical (unpaired) electrons. The van der Waals surface area contributed by atoms with E-state index < -0.39 is 0 Å². The number of ether oxygens (including phenoxy) is 1. The number of methoxy groups -OCH3 is 1. The Balaban J connectivity index is 0.00000132. The van der Waals surface area contributed by atoms with Gasteiger partial charge in [0, 0.05) is 11.5 Å². The summed E-state index contributed by atoms with van der Waals surface area (Å²) in [6.07, 6.45) is 8.22. The van der Waals surface area contributed by atoms with Gasteiger partial charge >= 0.3 is 29.6 Å². The van der Waals surface area contributed by atoms with Crippen LogP contribution in [0.2, 0.25) is 0 Å². The van der Waals surface area contributed by atoms with Crippen molar-refractivity contribution in [3.05, 3.63) is 29.3 Å². The van der Waals surface area contributed by atoms with Gasteiger partial charge in [-0.25, -0.2) is 0 Å². The van der Waals surface area contributed by atoms with Gasteiger partial charge in [-0.05, 0) is 68.5 Å². The number of likely N-dealkylation sites (N-methyl/N-ethyl adjacent to an activating group) is 1. The molecule has 1 aromatic rings. The summed E-state index contributed by atoms with van der Waals surface area (Å²) in [6.45, 7) is 1.26. The van der Waals surface area contributed by atoms with Crippen LogP contribution in [0.1, 0.15) is 43.2 Å². The maximum Gasteiger partial charge on any atom is 1.00 e. The minimum atomic E-state index is 0. The number of hydrogen-bond acceptors (Lipinski definition) is 2. The zero-order valence-corrected chi connectivity index (χ0v) is 15.7. The molecule has 2 bridgehead atoms. The van der Waals surface area contributed by atoms with Gasteiger partial charge in [0.25, 0.3) is 0 Å². The van der Waals surface area contributed by atoms with Gasteiger partial charge in [0.2, 0.25) is 0 Å². The minimum absolute atomic E-state index is 0. The number of piperidine rings is 1. The Hall–Kier alpha value is -0.0200. The minimum Gasteiger partial charge on any atom is -0.497 e. The van der Waals surface area contributed by atoms with Crippen molar-refractivity contribution >= 4 is 0 Å². The Bertz CT molecular complexity index is 532. The number of fused-ring (bicyclic) bond motifs is 1. The second-order valence-electron chi connectivity index (χ2n) is 7.03. The molecule has 0 aromatic heterocycles. The number of benzene rings is 1. The number of likely N-dealkylation sites (tertiary alicyclic amines) is 1. The van der Waals surface area contributed by atoms with E-state index in [0.29, 0.717) is 5.41 Å². The summed E-state index contributed by atoms with van der Waals surface area (Å²) in [7, 11) is 4.12. The average Bonchev–Trinajstić information content (AvgIpc) is 2.50. The number of nitrogens with zero attached hydrogens (tertiary/aromatic N) is 1. The second kappa shape index (κ2) is 5.88. The maximum absolute atomic E-state index is 5.51. The van der Waals surface area contributed by atoms with Crippen molar-refractivity contribution in [3.63, 3.8) is 0 Å². The van der Waals surface area contributed by atoms with E-state index in [2.05, 4.69) is 30.1 Å². The largest absolute Gasteiger partial charge is 1.00 e. The van der Waals surface area contributed by atoms with Crippen LogP contribution in [0.5, 0.6) is 5.75 Å². The first kappa shape index (κ1) is 15.9. The van der Waals surface area contributed by atoms with Crippen LogP contribution < -0.4 is 34.3 Å². The molecule has 1 saturated carbocycles. The predicted octanol–water partition coefficient (Wildman–Crippen LogP) is 0.387. The van der Waals surface area contributed by atoms with E-state index >= 15 is 0 Å². The van der Waals surface area contributed by atoms with Crippen molar-refractivity contribution in [2.24, 2.45) is 5.92 Å². The monoisotopic (exact) mass is 294 g/mol. The standard InChI is InChI=1S/C18H25NO.Na/c1-19-10-9-18-8-4-3-5-15(18)17(19)11-13-6-7-14(20-2)12-16(13)18;/h6-7,12,15,17H,3-5,8-11H2,1-2H3;/q;+1/t15-,17+,18+;/m1./s1. The molecule has 3 atom stereocenters. The maximum atomic E-state index is 5.51. The molecule has 108 valence electrons. The van der Waals surface area contributed by atoms with E-state index in [1.165, 1.54) is 45.1 Å². The van der Waals surface area contributed by atoms with Gasteiger partial charge in [-0.3, -0.25) is 0 Å². The van der Waals surface area contributed by atoms with Gasteiger partial charge in [0.15, 0.2) is 0 Å². The molecule has 2 nitrogen and oxygen atoms in total. The zero-order valence-electron chi connectivity index (χ0n) is 13.7. The second-order valence-corrected chi connectivity index (χ2v) is 7.03. The summed E-state index contributed by atoms with van der Waals surface area (Å²) in [4.78, 5) is 2.63. The van der Waals surface area contributed by atoms with Crippen molar-refractivity contribution in [2.75, 3.05) is 20.7 Å². The molecule has 0 amide bonds. The Morgan fingerprint density at radius 3 is 2.90 bits per heavy atom.